The van der Waals surface area contributed by atoms with E-state index >= 15 is 0 Å². The van der Waals surface area contributed by atoms with Crippen LogP contribution in [0.15, 0.2) is 18.2 Å². The Balaban J connectivity index is 1.78. The van der Waals surface area contributed by atoms with Crippen molar-refractivity contribution in [2.45, 2.75) is 32.2 Å². The van der Waals surface area contributed by atoms with E-state index in [1.54, 1.807) is 28.0 Å². The monoisotopic (exact) mass is 393 g/mol. The van der Waals surface area contributed by atoms with Crippen LogP contribution >= 0.6 is 11.6 Å². The summed E-state index contributed by atoms with van der Waals surface area (Å²) in [5, 5.41) is 2.90. The molecule has 0 atom stereocenters. The molecule has 27 heavy (non-hydrogen) atoms. The summed E-state index contributed by atoms with van der Waals surface area (Å²) >= 11 is 6.03. The third kappa shape index (κ3) is 3.48. The van der Waals surface area contributed by atoms with Gasteiger partial charge >= 0.3 is 6.03 Å². The molecule has 1 aromatic carbocycles. The van der Waals surface area contributed by atoms with Gasteiger partial charge in [-0.25, -0.2) is 4.79 Å². The van der Waals surface area contributed by atoms with Gasteiger partial charge in [0.15, 0.2) is 0 Å². The minimum absolute atomic E-state index is 0.190. The number of nitrogens with zero attached hydrogens (tertiary/aromatic N) is 2. The zero-order valence-corrected chi connectivity index (χ0v) is 16.5. The number of nitrogens with one attached hydrogen (secondary N) is 1. The van der Waals surface area contributed by atoms with Gasteiger partial charge in [-0.1, -0.05) is 25.4 Å². The van der Waals surface area contributed by atoms with Crippen LogP contribution in [-0.4, -0.2) is 59.9 Å². The van der Waals surface area contributed by atoms with Crippen LogP contribution in [0.2, 0.25) is 5.02 Å². The van der Waals surface area contributed by atoms with E-state index in [1.165, 1.54) is 7.11 Å². The second-order valence-corrected chi connectivity index (χ2v) is 7.87. The highest BCUT2D eigenvalue weighted by Gasteiger charge is 2.54. The molecule has 2 aliphatic rings. The number of piperidine rings is 1. The lowest BCUT2D eigenvalue weighted by atomic mass is 9.85. The number of ether oxygens (including phenoxy) is 1. The number of methoxy groups -OCH3 is 1. The summed E-state index contributed by atoms with van der Waals surface area (Å²) in [6.45, 7) is 5.28. The molecule has 0 bridgehead atoms. The van der Waals surface area contributed by atoms with Crippen molar-refractivity contribution in [2.75, 3.05) is 26.7 Å². The molecule has 0 aromatic heterocycles. The number of rotatable bonds is 4. The Morgan fingerprint density at radius 3 is 2.56 bits per heavy atom. The molecule has 8 heteroatoms. The van der Waals surface area contributed by atoms with Crippen LogP contribution in [0, 0.1) is 5.92 Å². The van der Waals surface area contributed by atoms with Crippen LogP contribution in [0.5, 0.6) is 5.75 Å². The van der Waals surface area contributed by atoms with Crippen molar-refractivity contribution < 1.29 is 19.1 Å². The highest BCUT2D eigenvalue weighted by atomic mass is 35.5. The van der Waals surface area contributed by atoms with Gasteiger partial charge in [0.05, 0.1) is 12.7 Å². The van der Waals surface area contributed by atoms with Gasteiger partial charge < -0.3 is 14.5 Å². The maximum absolute atomic E-state index is 12.9. The average Bonchev–Trinajstić information content (AvgIpc) is 2.85. The van der Waals surface area contributed by atoms with Crippen LogP contribution in [0.1, 0.15) is 37.0 Å². The summed E-state index contributed by atoms with van der Waals surface area (Å²) in [6, 6.07) is 4.57. The Morgan fingerprint density at radius 1 is 1.30 bits per heavy atom. The fourth-order valence-electron chi connectivity index (χ4n) is 3.82. The van der Waals surface area contributed by atoms with Gasteiger partial charge in [0.1, 0.15) is 11.3 Å². The number of hydrogen-bond acceptors (Lipinski definition) is 4. The van der Waals surface area contributed by atoms with Crippen molar-refractivity contribution in [3.8, 4) is 5.75 Å². The highest BCUT2D eigenvalue weighted by Crippen LogP contribution is 2.35. The number of carbonyl (C=O) groups excluding carboxylic acids is 3. The molecule has 0 aliphatic carbocycles. The Labute approximate surface area is 163 Å². The molecule has 0 radical (unpaired) electrons. The number of carbonyl (C=O) groups is 3. The maximum Gasteiger partial charge on any atom is 0.325 e. The fraction of sp³-hybridized carbons (Fsp3) is 0.526. The molecular weight excluding hydrogens is 370 g/mol. The van der Waals surface area contributed by atoms with E-state index < -0.39 is 5.54 Å². The topological polar surface area (TPSA) is 79.0 Å². The second-order valence-electron chi connectivity index (χ2n) is 7.43. The summed E-state index contributed by atoms with van der Waals surface area (Å²) in [7, 11) is 1.50. The van der Waals surface area contributed by atoms with Crippen molar-refractivity contribution in [3.63, 3.8) is 0 Å². The standard InChI is InChI=1S/C19H24ClN3O4/c1-12(2)11-23-18(26)21-17(25)19(23)6-8-22(9-7-19)16(24)14-10-13(20)4-5-15(14)27-3/h4-5,10,12H,6-9,11H2,1-3H3,(H,21,25,26). The molecule has 0 saturated carbocycles. The number of imide groups is 1. The first kappa shape index (κ1) is 19.5. The SMILES string of the molecule is COc1ccc(Cl)cc1C(=O)N1CCC2(CC1)C(=O)NC(=O)N2CC(C)C. The van der Waals surface area contributed by atoms with Crippen molar-refractivity contribution in [1.29, 1.82) is 0 Å². The molecule has 3 rings (SSSR count). The second kappa shape index (κ2) is 7.38. The Bertz CT molecular complexity index is 772. The fourth-order valence-corrected chi connectivity index (χ4v) is 3.99. The largest absolute Gasteiger partial charge is 0.496 e. The molecule has 2 aliphatic heterocycles. The lowest BCUT2D eigenvalue weighted by molar-refractivity contribution is -0.129. The zero-order valence-electron chi connectivity index (χ0n) is 15.8. The Kier molecular flexibility index (Phi) is 5.33. The van der Waals surface area contributed by atoms with Crippen molar-refractivity contribution in [2.24, 2.45) is 5.92 Å². The number of benzene rings is 1. The van der Waals surface area contributed by atoms with E-state index in [-0.39, 0.29) is 23.8 Å². The smallest absolute Gasteiger partial charge is 0.325 e. The van der Waals surface area contributed by atoms with Crippen LogP contribution in [0.3, 0.4) is 0 Å². The van der Waals surface area contributed by atoms with Gasteiger partial charge in [0.2, 0.25) is 0 Å². The third-order valence-electron chi connectivity index (χ3n) is 5.22. The lowest BCUT2D eigenvalue weighted by Crippen LogP contribution is -2.58. The molecule has 2 heterocycles. The molecule has 2 saturated heterocycles. The van der Waals surface area contributed by atoms with Gasteiger partial charge in [-0.3, -0.25) is 14.9 Å². The van der Waals surface area contributed by atoms with E-state index in [9.17, 15) is 14.4 Å². The number of urea groups is 1. The number of hydrogen-bond donors (Lipinski definition) is 1. The van der Waals surface area contributed by atoms with Crippen LogP contribution in [0.25, 0.3) is 0 Å². The van der Waals surface area contributed by atoms with Gasteiger partial charge in [-0.15, -0.1) is 0 Å². The molecule has 1 spiro atoms. The molecule has 7 nitrogen and oxygen atoms in total. The van der Waals surface area contributed by atoms with Gasteiger partial charge in [-0.2, -0.15) is 0 Å². The first-order valence-electron chi connectivity index (χ1n) is 9.04. The predicted octanol–water partition coefficient (Wildman–Crippen LogP) is 2.53. The quantitative estimate of drug-likeness (QED) is 0.797. The normalized spacial score (nSPS) is 19.0. The number of halogens is 1. The van der Waals surface area contributed by atoms with Crippen molar-refractivity contribution in [1.82, 2.24) is 15.1 Å². The number of amides is 4. The van der Waals surface area contributed by atoms with E-state index in [0.29, 0.717) is 48.8 Å². The van der Waals surface area contributed by atoms with Crippen LogP contribution in [-0.2, 0) is 4.79 Å². The molecular formula is C19H24ClN3O4. The van der Waals surface area contributed by atoms with E-state index in [0.717, 1.165) is 0 Å². The molecule has 4 amide bonds. The highest BCUT2D eigenvalue weighted by molar-refractivity contribution is 6.31. The number of likely N-dealkylation sites (tertiary alicyclic amines) is 1. The maximum atomic E-state index is 12.9. The Hall–Kier alpha value is -2.28. The molecule has 1 N–H and O–H groups in total. The summed E-state index contributed by atoms with van der Waals surface area (Å²) in [6.07, 6.45) is 0.817. The van der Waals surface area contributed by atoms with Gasteiger partial charge in [0.25, 0.3) is 11.8 Å². The third-order valence-corrected chi connectivity index (χ3v) is 5.46. The summed E-state index contributed by atoms with van der Waals surface area (Å²) in [4.78, 5) is 41.0. The minimum atomic E-state index is -0.865. The average molecular weight is 394 g/mol. The molecule has 0 unspecified atom stereocenters. The molecule has 1 aromatic rings. The Morgan fingerprint density at radius 2 is 1.96 bits per heavy atom. The summed E-state index contributed by atoms with van der Waals surface area (Å²) < 4.78 is 5.27. The van der Waals surface area contributed by atoms with E-state index in [2.05, 4.69) is 5.32 Å². The van der Waals surface area contributed by atoms with Gasteiger partial charge in [0, 0.05) is 24.7 Å². The summed E-state index contributed by atoms with van der Waals surface area (Å²) in [5.41, 5.74) is -0.469. The van der Waals surface area contributed by atoms with Crippen LogP contribution < -0.4 is 10.1 Å². The molecule has 146 valence electrons. The van der Waals surface area contributed by atoms with Crippen molar-refractivity contribution in [3.05, 3.63) is 28.8 Å². The van der Waals surface area contributed by atoms with Gasteiger partial charge in [-0.05, 0) is 37.0 Å². The summed E-state index contributed by atoms with van der Waals surface area (Å²) in [5.74, 6) is 0.249. The zero-order chi connectivity index (χ0) is 19.8. The first-order valence-corrected chi connectivity index (χ1v) is 9.42. The predicted molar refractivity (Wildman–Crippen MR) is 101 cm³/mol. The molecule has 2 fully saturated rings. The first-order chi connectivity index (χ1) is 12.8. The van der Waals surface area contributed by atoms with E-state index in [4.69, 9.17) is 16.3 Å². The van der Waals surface area contributed by atoms with Crippen LogP contribution in [0.4, 0.5) is 4.79 Å². The minimum Gasteiger partial charge on any atom is -0.496 e. The lowest BCUT2D eigenvalue weighted by Gasteiger charge is -2.42. The van der Waals surface area contributed by atoms with Crippen molar-refractivity contribution >= 4 is 29.4 Å². The van der Waals surface area contributed by atoms with E-state index in [1.807, 2.05) is 13.8 Å².